The zero-order valence-corrected chi connectivity index (χ0v) is 10.3. The van der Waals surface area contributed by atoms with Crippen LogP contribution in [-0.4, -0.2) is 12.2 Å². The molecule has 0 aliphatic carbocycles. The average Bonchev–Trinajstić information content (AvgIpc) is 2.45. The van der Waals surface area contributed by atoms with Crippen LogP contribution in [0.1, 0.15) is 5.56 Å². The number of hydrogen-bond acceptors (Lipinski definition) is 4. The van der Waals surface area contributed by atoms with Gasteiger partial charge in [-0.1, -0.05) is 12.1 Å². The third-order valence-electron chi connectivity index (χ3n) is 3.18. The number of aliphatic hydroxyl groups is 1. The number of benzene rings is 2. The van der Waals surface area contributed by atoms with Gasteiger partial charge >= 0.3 is 5.63 Å². The Morgan fingerprint density at radius 1 is 1.21 bits per heavy atom. The van der Waals surface area contributed by atoms with Crippen molar-refractivity contribution >= 4 is 21.7 Å². The van der Waals surface area contributed by atoms with Crippen LogP contribution in [0.5, 0.6) is 5.75 Å². The molecule has 1 N–H and O–H groups in total. The van der Waals surface area contributed by atoms with E-state index in [9.17, 15) is 9.90 Å². The molecule has 4 heteroatoms. The standard InChI is InChI=1S/C15H12O4/c1-18-11-4-2-9-3-5-13-15(12(9)7-11)10(8-16)6-14(17)19-13/h2-7,16H,8H2,1H3. The van der Waals surface area contributed by atoms with E-state index in [0.717, 1.165) is 21.9 Å². The molecule has 96 valence electrons. The van der Waals surface area contributed by atoms with Crippen LogP contribution in [-0.2, 0) is 6.61 Å². The monoisotopic (exact) mass is 256 g/mol. The molecule has 0 saturated heterocycles. The molecular weight excluding hydrogens is 244 g/mol. The summed E-state index contributed by atoms with van der Waals surface area (Å²) in [5.41, 5.74) is 0.571. The molecule has 1 aromatic heterocycles. The molecule has 3 aromatic rings. The summed E-state index contributed by atoms with van der Waals surface area (Å²) in [6, 6.07) is 10.6. The van der Waals surface area contributed by atoms with E-state index < -0.39 is 5.63 Å². The van der Waals surface area contributed by atoms with Crippen molar-refractivity contribution in [2.24, 2.45) is 0 Å². The van der Waals surface area contributed by atoms with E-state index in [1.54, 1.807) is 13.2 Å². The molecular formula is C15H12O4. The van der Waals surface area contributed by atoms with Crippen LogP contribution in [0.2, 0.25) is 0 Å². The van der Waals surface area contributed by atoms with E-state index in [0.29, 0.717) is 11.1 Å². The summed E-state index contributed by atoms with van der Waals surface area (Å²) in [5.74, 6) is 0.718. The first-order valence-corrected chi connectivity index (χ1v) is 5.87. The molecule has 2 aromatic carbocycles. The number of aliphatic hydroxyl groups excluding tert-OH is 1. The SMILES string of the molecule is COc1ccc2ccc3oc(=O)cc(CO)c3c2c1. The van der Waals surface area contributed by atoms with Gasteiger partial charge in [-0.05, 0) is 34.5 Å². The van der Waals surface area contributed by atoms with E-state index in [4.69, 9.17) is 9.15 Å². The lowest BCUT2D eigenvalue weighted by Crippen LogP contribution is -2.01. The Balaban J connectivity index is 2.53. The number of hydrogen-bond donors (Lipinski definition) is 1. The minimum absolute atomic E-state index is 0.210. The third kappa shape index (κ3) is 1.86. The lowest BCUT2D eigenvalue weighted by molar-refractivity contribution is 0.282. The molecule has 0 fully saturated rings. The molecule has 19 heavy (non-hydrogen) atoms. The van der Waals surface area contributed by atoms with Gasteiger partial charge < -0.3 is 14.3 Å². The maximum Gasteiger partial charge on any atom is 0.336 e. The van der Waals surface area contributed by atoms with Gasteiger partial charge in [-0.25, -0.2) is 4.79 Å². The Morgan fingerprint density at radius 3 is 2.74 bits per heavy atom. The van der Waals surface area contributed by atoms with Crippen molar-refractivity contribution in [3.05, 3.63) is 52.4 Å². The Bertz CT molecular complexity index is 817. The average molecular weight is 256 g/mol. The summed E-state index contributed by atoms with van der Waals surface area (Å²) >= 11 is 0. The van der Waals surface area contributed by atoms with Gasteiger partial charge in [-0.3, -0.25) is 0 Å². The van der Waals surface area contributed by atoms with Crippen LogP contribution in [0.15, 0.2) is 45.6 Å². The molecule has 0 bridgehead atoms. The van der Waals surface area contributed by atoms with Crippen molar-refractivity contribution in [3.63, 3.8) is 0 Å². The van der Waals surface area contributed by atoms with Crippen molar-refractivity contribution in [1.29, 1.82) is 0 Å². The first kappa shape index (κ1) is 11.7. The molecule has 0 radical (unpaired) electrons. The van der Waals surface area contributed by atoms with Crippen LogP contribution in [0.25, 0.3) is 21.7 Å². The number of fused-ring (bicyclic) bond motifs is 3. The third-order valence-corrected chi connectivity index (χ3v) is 3.18. The van der Waals surface area contributed by atoms with Gasteiger partial charge in [0.05, 0.1) is 13.7 Å². The van der Waals surface area contributed by atoms with E-state index in [1.807, 2.05) is 24.3 Å². The van der Waals surface area contributed by atoms with Crippen molar-refractivity contribution in [2.75, 3.05) is 7.11 Å². The molecule has 0 amide bonds. The highest BCUT2D eigenvalue weighted by Crippen LogP contribution is 2.30. The van der Waals surface area contributed by atoms with Crippen LogP contribution < -0.4 is 10.4 Å². The predicted octanol–water partition coefficient (Wildman–Crippen LogP) is 2.45. The number of ether oxygens (including phenoxy) is 1. The largest absolute Gasteiger partial charge is 0.497 e. The van der Waals surface area contributed by atoms with Crippen LogP contribution in [0.4, 0.5) is 0 Å². The van der Waals surface area contributed by atoms with E-state index >= 15 is 0 Å². The molecule has 0 aliphatic heterocycles. The summed E-state index contributed by atoms with van der Waals surface area (Å²) in [7, 11) is 1.60. The highest BCUT2D eigenvalue weighted by molar-refractivity contribution is 6.07. The second kappa shape index (κ2) is 4.40. The van der Waals surface area contributed by atoms with Crippen LogP contribution in [0.3, 0.4) is 0 Å². The van der Waals surface area contributed by atoms with Gasteiger partial charge in [-0.2, -0.15) is 0 Å². The molecule has 0 aliphatic rings. The molecule has 0 atom stereocenters. The topological polar surface area (TPSA) is 59.7 Å². The van der Waals surface area contributed by atoms with Crippen molar-refractivity contribution in [2.45, 2.75) is 6.61 Å². The second-order valence-electron chi connectivity index (χ2n) is 4.27. The minimum atomic E-state index is -0.459. The highest BCUT2D eigenvalue weighted by atomic mass is 16.5. The van der Waals surface area contributed by atoms with Crippen molar-refractivity contribution < 1.29 is 14.3 Å². The molecule has 3 rings (SSSR count). The number of methoxy groups -OCH3 is 1. The van der Waals surface area contributed by atoms with Crippen molar-refractivity contribution in [3.8, 4) is 5.75 Å². The Kier molecular flexibility index (Phi) is 2.72. The first-order chi connectivity index (χ1) is 9.22. The molecule has 1 heterocycles. The molecule has 4 nitrogen and oxygen atoms in total. The Morgan fingerprint density at radius 2 is 2.00 bits per heavy atom. The predicted molar refractivity (Wildman–Crippen MR) is 72.5 cm³/mol. The van der Waals surface area contributed by atoms with E-state index in [1.165, 1.54) is 6.07 Å². The molecule has 0 unspecified atom stereocenters. The summed E-state index contributed by atoms with van der Waals surface area (Å²) in [6.45, 7) is -0.210. The first-order valence-electron chi connectivity index (χ1n) is 5.87. The summed E-state index contributed by atoms with van der Waals surface area (Å²) in [4.78, 5) is 11.4. The fourth-order valence-corrected chi connectivity index (χ4v) is 2.30. The van der Waals surface area contributed by atoms with Crippen molar-refractivity contribution in [1.82, 2.24) is 0 Å². The van der Waals surface area contributed by atoms with Gasteiger partial charge in [0.1, 0.15) is 11.3 Å². The second-order valence-corrected chi connectivity index (χ2v) is 4.27. The summed E-state index contributed by atoms with van der Waals surface area (Å²) in [6.07, 6.45) is 0. The van der Waals surface area contributed by atoms with Crippen LogP contribution in [0, 0.1) is 0 Å². The smallest absolute Gasteiger partial charge is 0.336 e. The minimum Gasteiger partial charge on any atom is -0.497 e. The maximum atomic E-state index is 11.4. The van der Waals surface area contributed by atoms with Gasteiger partial charge in [0.15, 0.2) is 0 Å². The fraction of sp³-hybridized carbons (Fsp3) is 0.133. The highest BCUT2D eigenvalue weighted by Gasteiger charge is 2.09. The summed E-state index contributed by atoms with van der Waals surface area (Å²) < 4.78 is 10.4. The van der Waals surface area contributed by atoms with Gasteiger partial charge in [0, 0.05) is 11.5 Å². The normalized spacial score (nSPS) is 11.1. The lowest BCUT2D eigenvalue weighted by Gasteiger charge is -2.08. The van der Waals surface area contributed by atoms with Gasteiger partial charge in [0.2, 0.25) is 0 Å². The van der Waals surface area contributed by atoms with Gasteiger partial charge in [-0.15, -0.1) is 0 Å². The Labute approximate surface area is 108 Å². The molecule has 0 spiro atoms. The zero-order chi connectivity index (χ0) is 13.4. The zero-order valence-electron chi connectivity index (χ0n) is 10.3. The van der Waals surface area contributed by atoms with Crippen LogP contribution >= 0.6 is 0 Å². The van der Waals surface area contributed by atoms with E-state index in [2.05, 4.69) is 0 Å². The van der Waals surface area contributed by atoms with E-state index in [-0.39, 0.29) is 6.61 Å². The number of rotatable bonds is 2. The fourth-order valence-electron chi connectivity index (χ4n) is 2.30. The lowest BCUT2D eigenvalue weighted by atomic mass is 10.0. The van der Waals surface area contributed by atoms with Gasteiger partial charge in [0.25, 0.3) is 0 Å². The summed E-state index contributed by atoms with van der Waals surface area (Å²) in [5, 5.41) is 12.1. The molecule has 0 saturated carbocycles. The maximum absolute atomic E-state index is 11.4. The quantitative estimate of drug-likeness (QED) is 0.565. The Hall–Kier alpha value is -2.33.